The Morgan fingerprint density at radius 2 is 1.03 bits per heavy atom. The lowest BCUT2D eigenvalue weighted by Crippen LogP contribution is -1.98. The molecule has 0 saturated heterocycles. The Morgan fingerprint density at radius 3 is 1.38 bits per heavy atom. The number of esters is 1. The summed E-state index contributed by atoms with van der Waals surface area (Å²) in [5.41, 5.74) is 0. The number of unbranched alkanes of at least 4 members (excludes halogenated alkanes) is 18. The van der Waals surface area contributed by atoms with Crippen molar-refractivity contribution in [2.24, 2.45) is 0 Å². The minimum absolute atomic E-state index is 0.189. The summed E-state index contributed by atoms with van der Waals surface area (Å²) in [6.07, 6.45) is 29.1. The smallest absolute Gasteiger partial charge is 0.310 e. The van der Waals surface area contributed by atoms with Gasteiger partial charge in [-0.2, -0.15) is 0 Å². The molecule has 0 N–H and O–H groups in total. The van der Waals surface area contributed by atoms with Crippen LogP contribution < -0.4 is 0 Å². The zero-order chi connectivity index (χ0) is 21.4. The molecule has 0 atom stereocenters. The summed E-state index contributed by atoms with van der Waals surface area (Å²) in [4.78, 5) is 11.5. The Hall–Kier alpha value is -0.760. The fourth-order valence-corrected chi connectivity index (χ4v) is 3.64. The first-order valence-corrected chi connectivity index (χ1v) is 12.7. The largest absolute Gasteiger partial charge is 0.434 e. The van der Waals surface area contributed by atoms with Crippen molar-refractivity contribution in [2.45, 2.75) is 135 Å². The summed E-state index contributed by atoms with van der Waals surface area (Å²) < 4.78 is 4.93. The fourth-order valence-electron chi connectivity index (χ4n) is 3.59. The number of ether oxygens (including phenoxy) is 1. The summed E-state index contributed by atoms with van der Waals surface area (Å²) in [6.45, 7) is 5.78. The summed E-state index contributed by atoms with van der Waals surface area (Å²) in [6, 6.07) is 0. The molecule has 0 aliphatic heterocycles. The number of hydrogen-bond donors (Lipinski definition) is 0. The second-order valence-corrected chi connectivity index (χ2v) is 8.84. The van der Waals surface area contributed by atoms with E-state index in [1.54, 1.807) is 0 Å². The number of hydrogen-bond acceptors (Lipinski definition) is 2. The van der Waals surface area contributed by atoms with Crippen LogP contribution >= 0.6 is 11.6 Å². The molecular weight excluding hydrogens is 380 g/mol. The van der Waals surface area contributed by atoms with Gasteiger partial charge in [0.15, 0.2) is 0 Å². The van der Waals surface area contributed by atoms with Gasteiger partial charge < -0.3 is 4.74 Å². The van der Waals surface area contributed by atoms with Gasteiger partial charge in [0.05, 0.1) is 6.26 Å². The highest BCUT2D eigenvalue weighted by atomic mass is 35.5. The average molecular weight is 427 g/mol. The van der Waals surface area contributed by atoms with Gasteiger partial charge in [0.1, 0.15) is 0 Å². The Labute approximate surface area is 186 Å². The van der Waals surface area contributed by atoms with Crippen LogP contribution in [0.4, 0.5) is 0 Å². The van der Waals surface area contributed by atoms with E-state index in [0.717, 1.165) is 12.8 Å². The Balaban J connectivity index is 3.13. The molecule has 0 bridgehead atoms. The highest BCUT2D eigenvalue weighted by Gasteiger charge is 2.00. The van der Waals surface area contributed by atoms with E-state index in [1.165, 1.54) is 121 Å². The van der Waals surface area contributed by atoms with Crippen molar-refractivity contribution in [3.05, 3.63) is 23.9 Å². The van der Waals surface area contributed by atoms with Crippen LogP contribution in [0.3, 0.4) is 0 Å². The molecule has 0 aliphatic rings. The maximum atomic E-state index is 11.5. The Kier molecular flexibility index (Phi) is 22.9. The summed E-state index contributed by atoms with van der Waals surface area (Å²) in [5, 5.41) is 0.362. The van der Waals surface area contributed by atoms with E-state index in [2.05, 4.69) is 13.5 Å². The monoisotopic (exact) mass is 426 g/mol. The Morgan fingerprint density at radius 1 is 0.690 bits per heavy atom. The molecule has 0 radical (unpaired) electrons. The van der Waals surface area contributed by atoms with E-state index in [-0.39, 0.29) is 5.97 Å². The van der Waals surface area contributed by atoms with Crippen LogP contribution in [0, 0.1) is 0 Å². The van der Waals surface area contributed by atoms with E-state index in [0.29, 0.717) is 11.5 Å². The lowest BCUT2D eigenvalue weighted by atomic mass is 10.0. The number of carbonyl (C=O) groups is 1. The van der Waals surface area contributed by atoms with Gasteiger partial charge in [0.25, 0.3) is 0 Å². The van der Waals surface area contributed by atoms with Gasteiger partial charge in [0, 0.05) is 11.5 Å². The molecule has 170 valence electrons. The third-order valence-corrected chi connectivity index (χ3v) is 5.56. The number of halogens is 1. The van der Waals surface area contributed by atoms with Gasteiger partial charge in [-0.3, -0.25) is 4.79 Å². The van der Waals surface area contributed by atoms with Crippen molar-refractivity contribution in [3.8, 4) is 0 Å². The van der Waals surface area contributed by atoms with Crippen molar-refractivity contribution in [1.29, 1.82) is 0 Å². The van der Waals surface area contributed by atoms with Crippen LogP contribution in [0.5, 0.6) is 0 Å². The summed E-state index contributed by atoms with van der Waals surface area (Å²) in [7, 11) is 0. The Bertz CT molecular complexity index is 404. The highest BCUT2D eigenvalue weighted by Crippen LogP contribution is 2.15. The third-order valence-electron chi connectivity index (χ3n) is 5.43. The number of rotatable bonds is 22. The molecule has 2 nitrogen and oxygen atoms in total. The number of allylic oxidation sites excluding steroid dienone is 2. The van der Waals surface area contributed by atoms with Crippen LogP contribution in [-0.4, -0.2) is 5.97 Å². The van der Waals surface area contributed by atoms with Gasteiger partial charge in [-0.05, 0) is 12.5 Å². The van der Waals surface area contributed by atoms with E-state index in [1.807, 2.05) is 0 Å². The molecule has 0 amide bonds. The molecule has 0 aromatic rings. The molecule has 0 heterocycles. The molecule has 0 rings (SSSR count). The van der Waals surface area contributed by atoms with Crippen LogP contribution in [0.15, 0.2) is 23.9 Å². The normalized spacial score (nSPS) is 11.2. The predicted octanol–water partition coefficient (Wildman–Crippen LogP) is 9.62. The van der Waals surface area contributed by atoms with Crippen LogP contribution in [0.25, 0.3) is 0 Å². The van der Waals surface area contributed by atoms with Gasteiger partial charge >= 0.3 is 5.97 Å². The molecule has 0 aliphatic carbocycles. The topological polar surface area (TPSA) is 26.3 Å². The standard InChI is InChI=1S/C26H47ClO2/c1-3-4-5-6-7-8-9-10-11-12-13-14-15-16-17-18-19-20-21-22-26(28)29-24-23-25(2)27/h23-24H,2-22H2,1H3. The SMILES string of the molecule is C=C(Cl)C=COC(=O)CCCCCCCCCCCCCCCCCCCCC. The third kappa shape index (κ3) is 25.2. The lowest BCUT2D eigenvalue weighted by Gasteiger charge is -2.04. The van der Waals surface area contributed by atoms with Gasteiger partial charge in [-0.1, -0.05) is 141 Å². The second kappa shape index (κ2) is 23.5. The molecule has 0 saturated carbocycles. The fraction of sp³-hybridized carbons (Fsp3) is 0.808. The maximum Gasteiger partial charge on any atom is 0.310 e. The maximum absolute atomic E-state index is 11.5. The average Bonchev–Trinajstić information content (AvgIpc) is 2.69. The van der Waals surface area contributed by atoms with E-state index in [9.17, 15) is 4.79 Å². The molecule has 0 unspecified atom stereocenters. The molecule has 0 fully saturated rings. The van der Waals surface area contributed by atoms with Crippen LogP contribution in [0.2, 0.25) is 0 Å². The minimum atomic E-state index is -0.189. The van der Waals surface area contributed by atoms with E-state index >= 15 is 0 Å². The highest BCUT2D eigenvalue weighted by molar-refractivity contribution is 6.30. The summed E-state index contributed by atoms with van der Waals surface area (Å²) in [5.74, 6) is -0.189. The lowest BCUT2D eigenvalue weighted by molar-refractivity contribution is -0.138. The predicted molar refractivity (Wildman–Crippen MR) is 128 cm³/mol. The van der Waals surface area contributed by atoms with E-state index in [4.69, 9.17) is 16.3 Å². The first-order valence-electron chi connectivity index (χ1n) is 12.4. The molecule has 29 heavy (non-hydrogen) atoms. The molecule has 0 spiro atoms. The molecule has 0 aromatic carbocycles. The van der Waals surface area contributed by atoms with Crippen molar-refractivity contribution >= 4 is 17.6 Å². The van der Waals surface area contributed by atoms with Gasteiger partial charge in [-0.25, -0.2) is 0 Å². The van der Waals surface area contributed by atoms with Gasteiger partial charge in [0.2, 0.25) is 0 Å². The first-order chi connectivity index (χ1) is 14.2. The van der Waals surface area contributed by atoms with Crippen LogP contribution in [0.1, 0.15) is 135 Å². The van der Waals surface area contributed by atoms with E-state index < -0.39 is 0 Å². The molecular formula is C26H47ClO2. The van der Waals surface area contributed by atoms with Crippen molar-refractivity contribution in [1.82, 2.24) is 0 Å². The first kappa shape index (κ1) is 28.2. The van der Waals surface area contributed by atoms with Crippen LogP contribution in [-0.2, 0) is 9.53 Å². The molecule has 0 aromatic heterocycles. The summed E-state index contributed by atoms with van der Waals surface area (Å²) >= 11 is 5.55. The quantitative estimate of drug-likeness (QED) is 0.0744. The van der Waals surface area contributed by atoms with Gasteiger partial charge in [-0.15, -0.1) is 0 Å². The zero-order valence-electron chi connectivity index (χ0n) is 19.2. The molecule has 3 heteroatoms. The minimum Gasteiger partial charge on any atom is -0.434 e. The van der Waals surface area contributed by atoms with Crippen molar-refractivity contribution in [3.63, 3.8) is 0 Å². The van der Waals surface area contributed by atoms with Crippen molar-refractivity contribution < 1.29 is 9.53 Å². The second-order valence-electron chi connectivity index (χ2n) is 8.35. The van der Waals surface area contributed by atoms with Crippen molar-refractivity contribution in [2.75, 3.05) is 0 Å². The number of carbonyl (C=O) groups excluding carboxylic acids is 1. The zero-order valence-corrected chi connectivity index (χ0v) is 20.0.